The molecule has 1 amide bonds. The van der Waals surface area contributed by atoms with Crippen LogP contribution in [-0.2, 0) is 16.0 Å². The molecule has 27 heavy (non-hydrogen) atoms. The van der Waals surface area contributed by atoms with Gasteiger partial charge in [0.25, 0.3) is 5.91 Å². The predicted molar refractivity (Wildman–Crippen MR) is 111 cm³/mol. The third-order valence-electron chi connectivity index (χ3n) is 3.91. The zero-order valence-electron chi connectivity index (χ0n) is 14.5. The number of hydrogen-bond acceptors (Lipinski definition) is 5. The zero-order valence-corrected chi connectivity index (χ0v) is 16.2. The van der Waals surface area contributed by atoms with E-state index in [-0.39, 0.29) is 5.91 Å². The number of benzene rings is 2. The SMILES string of the molecule is CCc1ccc(N2C(=O)/C(=C/c3cccc(OCC(=O)O)c3)SC2=S)cc1. The minimum absolute atomic E-state index is 0.175. The van der Waals surface area contributed by atoms with Crippen LogP contribution in [0.4, 0.5) is 5.69 Å². The van der Waals surface area contributed by atoms with Crippen LogP contribution in [0.2, 0.25) is 0 Å². The molecule has 0 radical (unpaired) electrons. The molecule has 1 fully saturated rings. The van der Waals surface area contributed by atoms with Crippen molar-refractivity contribution in [2.45, 2.75) is 13.3 Å². The van der Waals surface area contributed by atoms with E-state index >= 15 is 0 Å². The van der Waals surface area contributed by atoms with Crippen LogP contribution < -0.4 is 9.64 Å². The van der Waals surface area contributed by atoms with Crippen LogP contribution in [0.25, 0.3) is 6.08 Å². The van der Waals surface area contributed by atoms with E-state index in [4.69, 9.17) is 22.1 Å². The topological polar surface area (TPSA) is 66.8 Å². The van der Waals surface area contributed by atoms with Crippen LogP contribution in [0.5, 0.6) is 5.75 Å². The highest BCUT2D eigenvalue weighted by atomic mass is 32.2. The van der Waals surface area contributed by atoms with Gasteiger partial charge >= 0.3 is 5.97 Å². The average Bonchev–Trinajstić information content (AvgIpc) is 2.94. The second kappa shape index (κ2) is 8.37. The number of anilines is 1. The smallest absolute Gasteiger partial charge is 0.341 e. The Kier molecular flexibility index (Phi) is 5.93. The molecule has 7 heteroatoms. The molecule has 5 nitrogen and oxygen atoms in total. The fraction of sp³-hybridized carbons (Fsp3) is 0.150. The van der Waals surface area contributed by atoms with Crippen LogP contribution in [-0.4, -0.2) is 27.9 Å². The molecule has 0 aromatic heterocycles. The number of hydrogen-bond donors (Lipinski definition) is 1. The quantitative estimate of drug-likeness (QED) is 0.582. The Hall–Kier alpha value is -2.64. The molecular weight excluding hydrogens is 382 g/mol. The fourth-order valence-corrected chi connectivity index (χ4v) is 3.86. The maximum atomic E-state index is 12.8. The van der Waals surface area contributed by atoms with Crippen LogP contribution in [0.15, 0.2) is 53.4 Å². The van der Waals surface area contributed by atoms with Crippen molar-refractivity contribution >= 4 is 51.9 Å². The fourth-order valence-electron chi connectivity index (χ4n) is 2.56. The Labute approximate surface area is 166 Å². The predicted octanol–water partition coefficient (Wildman–Crippen LogP) is 4.12. The van der Waals surface area contributed by atoms with Gasteiger partial charge in [0.05, 0.1) is 10.6 Å². The van der Waals surface area contributed by atoms with Gasteiger partial charge in [-0.15, -0.1) is 0 Å². The van der Waals surface area contributed by atoms with Gasteiger partial charge in [0.2, 0.25) is 0 Å². The number of aliphatic carboxylic acids is 1. The summed E-state index contributed by atoms with van der Waals surface area (Å²) in [5.41, 5.74) is 2.68. The first-order chi connectivity index (χ1) is 13.0. The molecule has 138 valence electrons. The highest BCUT2D eigenvalue weighted by molar-refractivity contribution is 8.27. The van der Waals surface area contributed by atoms with Crippen LogP contribution in [0.3, 0.4) is 0 Å². The summed E-state index contributed by atoms with van der Waals surface area (Å²) in [7, 11) is 0. The molecule has 1 aliphatic heterocycles. The van der Waals surface area contributed by atoms with E-state index in [0.717, 1.165) is 17.7 Å². The summed E-state index contributed by atoms with van der Waals surface area (Å²) in [6.45, 7) is 1.66. The third kappa shape index (κ3) is 4.56. The van der Waals surface area contributed by atoms with Crippen molar-refractivity contribution < 1.29 is 19.4 Å². The number of amides is 1. The van der Waals surface area contributed by atoms with Gasteiger partial charge in [0.15, 0.2) is 10.9 Å². The lowest BCUT2D eigenvalue weighted by atomic mass is 10.1. The standard InChI is InChI=1S/C20H17NO4S2/c1-2-13-6-8-15(9-7-13)21-19(24)17(27-20(21)26)11-14-4-3-5-16(10-14)25-12-18(22)23/h3-11H,2,12H2,1H3,(H,22,23)/b17-11-. The minimum Gasteiger partial charge on any atom is -0.482 e. The molecule has 0 aliphatic carbocycles. The summed E-state index contributed by atoms with van der Waals surface area (Å²) in [6.07, 6.45) is 2.66. The maximum Gasteiger partial charge on any atom is 0.341 e. The van der Waals surface area contributed by atoms with Crippen molar-refractivity contribution in [2.24, 2.45) is 0 Å². The Morgan fingerprint density at radius 1 is 1.26 bits per heavy atom. The van der Waals surface area contributed by atoms with Crippen LogP contribution >= 0.6 is 24.0 Å². The molecule has 1 N–H and O–H groups in total. The molecule has 0 spiro atoms. The van der Waals surface area contributed by atoms with Gasteiger partial charge in [-0.2, -0.15) is 0 Å². The van der Waals surface area contributed by atoms with Gasteiger partial charge in [-0.1, -0.05) is 55.2 Å². The Morgan fingerprint density at radius 2 is 2.00 bits per heavy atom. The molecule has 0 bridgehead atoms. The summed E-state index contributed by atoms with van der Waals surface area (Å²) in [4.78, 5) is 25.5. The Bertz CT molecular complexity index is 922. The molecule has 0 unspecified atom stereocenters. The highest BCUT2D eigenvalue weighted by Gasteiger charge is 2.33. The first kappa shape index (κ1) is 19.1. The van der Waals surface area contributed by atoms with Gasteiger partial charge in [-0.3, -0.25) is 9.69 Å². The third-order valence-corrected chi connectivity index (χ3v) is 5.22. The number of carboxylic acid groups (broad SMARTS) is 1. The van der Waals surface area contributed by atoms with E-state index in [9.17, 15) is 9.59 Å². The molecular formula is C20H17NO4S2. The van der Waals surface area contributed by atoms with Gasteiger partial charge < -0.3 is 9.84 Å². The second-order valence-corrected chi connectivity index (χ2v) is 7.47. The summed E-state index contributed by atoms with van der Waals surface area (Å²) in [5.74, 6) is -0.793. The summed E-state index contributed by atoms with van der Waals surface area (Å²) < 4.78 is 5.66. The van der Waals surface area contributed by atoms with Crippen LogP contribution in [0.1, 0.15) is 18.1 Å². The normalized spacial score (nSPS) is 15.4. The monoisotopic (exact) mass is 399 g/mol. The molecule has 1 saturated heterocycles. The second-order valence-electron chi connectivity index (χ2n) is 5.79. The van der Waals surface area contributed by atoms with Gasteiger partial charge in [-0.25, -0.2) is 4.79 Å². The molecule has 0 saturated carbocycles. The highest BCUT2D eigenvalue weighted by Crippen LogP contribution is 2.36. The number of rotatable bonds is 6. The van der Waals surface area contributed by atoms with Crippen molar-refractivity contribution in [3.05, 3.63) is 64.6 Å². The van der Waals surface area contributed by atoms with E-state index in [1.807, 2.05) is 30.3 Å². The maximum absolute atomic E-state index is 12.8. The first-order valence-electron chi connectivity index (χ1n) is 8.29. The molecule has 0 atom stereocenters. The molecule has 2 aromatic rings. The number of thiocarbonyl (C=S) groups is 1. The van der Waals surface area contributed by atoms with Crippen molar-refractivity contribution in [1.29, 1.82) is 0 Å². The summed E-state index contributed by atoms with van der Waals surface area (Å²) >= 11 is 6.63. The molecule has 1 aliphatic rings. The van der Waals surface area contributed by atoms with E-state index in [1.54, 1.807) is 24.3 Å². The van der Waals surface area contributed by atoms with Crippen LogP contribution in [0, 0.1) is 0 Å². The minimum atomic E-state index is -1.05. The number of thioether (sulfide) groups is 1. The van der Waals surface area contributed by atoms with Gasteiger partial charge in [0, 0.05) is 0 Å². The average molecular weight is 399 g/mol. The number of carboxylic acids is 1. The van der Waals surface area contributed by atoms with E-state index in [1.165, 1.54) is 22.2 Å². The lowest BCUT2D eigenvalue weighted by Gasteiger charge is -2.14. The van der Waals surface area contributed by atoms with E-state index in [2.05, 4.69) is 6.92 Å². The number of carbonyl (C=O) groups excluding carboxylic acids is 1. The summed E-state index contributed by atoms with van der Waals surface area (Å²) in [5, 5.41) is 8.70. The van der Waals surface area contributed by atoms with Crippen molar-refractivity contribution in [1.82, 2.24) is 0 Å². The number of nitrogens with zero attached hydrogens (tertiary/aromatic N) is 1. The number of carbonyl (C=O) groups is 2. The summed E-state index contributed by atoms with van der Waals surface area (Å²) in [6, 6.07) is 14.7. The molecule has 1 heterocycles. The van der Waals surface area contributed by atoms with E-state index in [0.29, 0.717) is 15.0 Å². The van der Waals surface area contributed by atoms with Gasteiger partial charge in [0.1, 0.15) is 5.75 Å². The van der Waals surface area contributed by atoms with Gasteiger partial charge in [-0.05, 0) is 47.9 Å². The number of aryl methyl sites for hydroxylation is 1. The Balaban J connectivity index is 1.81. The lowest BCUT2D eigenvalue weighted by molar-refractivity contribution is -0.139. The first-order valence-corrected chi connectivity index (χ1v) is 9.52. The van der Waals surface area contributed by atoms with E-state index < -0.39 is 12.6 Å². The molecule has 2 aromatic carbocycles. The molecule has 3 rings (SSSR count). The number of ether oxygens (including phenoxy) is 1. The Morgan fingerprint density at radius 3 is 2.67 bits per heavy atom. The zero-order chi connectivity index (χ0) is 19.4. The largest absolute Gasteiger partial charge is 0.482 e. The lowest BCUT2D eigenvalue weighted by Crippen LogP contribution is -2.27. The van der Waals surface area contributed by atoms with Crippen molar-refractivity contribution in [3.63, 3.8) is 0 Å². The van der Waals surface area contributed by atoms with Crippen molar-refractivity contribution in [3.8, 4) is 5.75 Å². The van der Waals surface area contributed by atoms with Crippen molar-refractivity contribution in [2.75, 3.05) is 11.5 Å².